The van der Waals surface area contributed by atoms with Crippen molar-refractivity contribution in [3.8, 4) is 11.1 Å². The largest absolute Gasteiger partial charge is 1.00 e. The standard InChI is InChI=1S/C20H24NO2.BrH/c1-4-20(22)23-15-14-21(2,3)16-17-10-12-19(13-11-17)18-8-6-5-7-9-18;/h4-13H,1,14-16H2,2-3H3;1H/q+1;/p-1. The second-order valence-corrected chi connectivity index (χ2v) is 6.25. The highest BCUT2D eigenvalue weighted by molar-refractivity contribution is 5.81. The smallest absolute Gasteiger partial charge is 0.330 e. The zero-order chi connectivity index (χ0) is 16.7. The molecule has 0 aliphatic heterocycles. The lowest BCUT2D eigenvalue weighted by atomic mass is 10.0. The van der Waals surface area contributed by atoms with Crippen LogP contribution < -0.4 is 17.0 Å². The molecule has 0 atom stereocenters. The summed E-state index contributed by atoms with van der Waals surface area (Å²) in [7, 11) is 4.26. The number of hydrogen-bond donors (Lipinski definition) is 0. The Morgan fingerprint density at radius 1 is 1.04 bits per heavy atom. The number of ether oxygens (including phenoxy) is 1. The quantitative estimate of drug-likeness (QED) is 0.395. The van der Waals surface area contributed by atoms with Crippen LogP contribution in [0.4, 0.5) is 0 Å². The molecule has 0 spiro atoms. The molecule has 2 aromatic carbocycles. The van der Waals surface area contributed by atoms with Gasteiger partial charge in [-0.1, -0.05) is 61.2 Å². The van der Waals surface area contributed by atoms with Crippen molar-refractivity contribution in [2.24, 2.45) is 0 Å². The minimum atomic E-state index is -0.364. The van der Waals surface area contributed by atoms with Gasteiger partial charge < -0.3 is 26.2 Å². The van der Waals surface area contributed by atoms with Gasteiger partial charge in [0.25, 0.3) is 0 Å². The van der Waals surface area contributed by atoms with E-state index in [1.807, 2.05) is 18.2 Å². The predicted octanol–water partition coefficient (Wildman–Crippen LogP) is 0.663. The van der Waals surface area contributed by atoms with E-state index in [2.05, 4.69) is 57.1 Å². The molecule has 0 heterocycles. The number of carbonyl (C=O) groups excluding carboxylic acids is 1. The van der Waals surface area contributed by atoms with Gasteiger partial charge in [-0.15, -0.1) is 0 Å². The maximum atomic E-state index is 11.1. The highest BCUT2D eigenvalue weighted by Crippen LogP contribution is 2.20. The molecule has 0 N–H and O–H groups in total. The summed E-state index contributed by atoms with van der Waals surface area (Å²) in [4.78, 5) is 11.1. The van der Waals surface area contributed by atoms with E-state index in [4.69, 9.17) is 4.74 Å². The molecule has 128 valence electrons. The van der Waals surface area contributed by atoms with Crippen LogP contribution in [0.15, 0.2) is 67.3 Å². The Balaban J connectivity index is 0.00000288. The van der Waals surface area contributed by atoms with Crippen LogP contribution in [-0.4, -0.2) is 37.7 Å². The van der Waals surface area contributed by atoms with Crippen LogP contribution in [0.2, 0.25) is 0 Å². The van der Waals surface area contributed by atoms with Crippen molar-refractivity contribution >= 4 is 5.97 Å². The predicted molar refractivity (Wildman–Crippen MR) is 93.7 cm³/mol. The lowest BCUT2D eigenvalue weighted by molar-refractivity contribution is -0.903. The molecule has 0 aliphatic rings. The molecule has 0 aromatic heterocycles. The second-order valence-electron chi connectivity index (χ2n) is 6.25. The normalized spacial score (nSPS) is 10.6. The van der Waals surface area contributed by atoms with Gasteiger partial charge in [0.1, 0.15) is 19.7 Å². The molecular weight excluding hydrogens is 366 g/mol. The number of nitrogens with zero attached hydrogens (tertiary/aromatic N) is 1. The number of halogens is 1. The van der Waals surface area contributed by atoms with Gasteiger partial charge >= 0.3 is 5.97 Å². The highest BCUT2D eigenvalue weighted by Gasteiger charge is 2.16. The molecule has 4 heteroatoms. The van der Waals surface area contributed by atoms with Gasteiger partial charge in [0, 0.05) is 11.6 Å². The highest BCUT2D eigenvalue weighted by atomic mass is 79.9. The molecule has 0 fully saturated rings. The van der Waals surface area contributed by atoms with Gasteiger partial charge in [-0.2, -0.15) is 0 Å². The van der Waals surface area contributed by atoms with E-state index in [1.165, 1.54) is 22.8 Å². The SMILES string of the molecule is C=CC(=O)OCC[N+](C)(C)Cc1ccc(-c2ccccc2)cc1.[Br-]. The van der Waals surface area contributed by atoms with E-state index >= 15 is 0 Å². The Morgan fingerprint density at radius 3 is 2.21 bits per heavy atom. The first-order valence-corrected chi connectivity index (χ1v) is 7.76. The Hall–Kier alpha value is -1.91. The summed E-state index contributed by atoms with van der Waals surface area (Å²) in [6, 6.07) is 19.0. The second kappa shape index (κ2) is 9.40. The number of benzene rings is 2. The summed E-state index contributed by atoms with van der Waals surface area (Å²) in [5.41, 5.74) is 3.72. The third-order valence-corrected chi connectivity index (χ3v) is 3.78. The maximum Gasteiger partial charge on any atom is 0.330 e. The zero-order valence-corrected chi connectivity index (χ0v) is 15.8. The number of hydrogen-bond acceptors (Lipinski definition) is 2. The number of quaternary nitrogens is 1. The summed E-state index contributed by atoms with van der Waals surface area (Å²) < 4.78 is 5.83. The molecule has 0 radical (unpaired) electrons. The van der Waals surface area contributed by atoms with Crippen molar-refractivity contribution in [1.82, 2.24) is 0 Å². The molecule has 2 aromatic rings. The maximum absolute atomic E-state index is 11.1. The van der Waals surface area contributed by atoms with Crippen LogP contribution in [0.3, 0.4) is 0 Å². The topological polar surface area (TPSA) is 26.3 Å². The van der Waals surface area contributed by atoms with Crippen LogP contribution in [0.5, 0.6) is 0 Å². The summed E-state index contributed by atoms with van der Waals surface area (Å²) in [6.45, 7) is 5.45. The monoisotopic (exact) mass is 389 g/mol. The van der Waals surface area contributed by atoms with Crippen LogP contribution in [0.25, 0.3) is 11.1 Å². The van der Waals surface area contributed by atoms with Crippen molar-refractivity contribution in [3.05, 3.63) is 72.8 Å². The summed E-state index contributed by atoms with van der Waals surface area (Å²) in [5, 5.41) is 0. The zero-order valence-electron chi connectivity index (χ0n) is 14.2. The molecule has 24 heavy (non-hydrogen) atoms. The lowest BCUT2D eigenvalue weighted by Gasteiger charge is -2.29. The van der Waals surface area contributed by atoms with Gasteiger partial charge in [0.05, 0.1) is 14.1 Å². The Bertz CT molecular complexity index is 651. The number of esters is 1. The van der Waals surface area contributed by atoms with E-state index in [1.54, 1.807) is 0 Å². The summed E-state index contributed by atoms with van der Waals surface area (Å²) in [5.74, 6) is -0.364. The van der Waals surface area contributed by atoms with Crippen molar-refractivity contribution in [2.45, 2.75) is 6.54 Å². The first-order chi connectivity index (χ1) is 11.0. The molecular formula is C20H24BrNO2. The molecule has 3 nitrogen and oxygen atoms in total. The fourth-order valence-corrected chi connectivity index (χ4v) is 2.46. The van der Waals surface area contributed by atoms with Gasteiger partial charge in [-0.3, -0.25) is 0 Å². The minimum absolute atomic E-state index is 0. The van der Waals surface area contributed by atoms with Crippen LogP contribution in [0, 0.1) is 0 Å². The van der Waals surface area contributed by atoms with Gasteiger partial charge in [-0.25, -0.2) is 4.79 Å². The van der Waals surface area contributed by atoms with E-state index in [0.29, 0.717) is 6.61 Å². The van der Waals surface area contributed by atoms with Crippen LogP contribution in [0.1, 0.15) is 5.56 Å². The Morgan fingerprint density at radius 2 is 1.62 bits per heavy atom. The Kier molecular flexibility index (Phi) is 7.89. The molecule has 0 bridgehead atoms. The van der Waals surface area contributed by atoms with Gasteiger partial charge in [0.15, 0.2) is 0 Å². The van der Waals surface area contributed by atoms with E-state index < -0.39 is 0 Å². The molecule has 2 rings (SSSR count). The average molecular weight is 390 g/mol. The average Bonchev–Trinajstić information content (AvgIpc) is 2.55. The fourth-order valence-electron chi connectivity index (χ4n) is 2.46. The third-order valence-electron chi connectivity index (χ3n) is 3.78. The van der Waals surface area contributed by atoms with Crippen molar-refractivity contribution < 1.29 is 31.0 Å². The van der Waals surface area contributed by atoms with Crippen molar-refractivity contribution in [1.29, 1.82) is 0 Å². The molecule has 0 unspecified atom stereocenters. The van der Waals surface area contributed by atoms with Crippen LogP contribution >= 0.6 is 0 Å². The Labute approximate surface area is 154 Å². The molecule has 0 aliphatic carbocycles. The van der Waals surface area contributed by atoms with Gasteiger partial charge in [-0.05, 0) is 11.1 Å². The first kappa shape index (κ1) is 20.1. The van der Waals surface area contributed by atoms with E-state index in [-0.39, 0.29) is 23.0 Å². The fraction of sp³-hybridized carbons (Fsp3) is 0.250. The van der Waals surface area contributed by atoms with Crippen molar-refractivity contribution in [3.63, 3.8) is 0 Å². The third kappa shape index (κ3) is 6.30. The van der Waals surface area contributed by atoms with E-state index in [9.17, 15) is 4.79 Å². The van der Waals surface area contributed by atoms with E-state index in [0.717, 1.165) is 17.6 Å². The lowest BCUT2D eigenvalue weighted by Crippen LogP contribution is -3.00. The molecule has 0 saturated heterocycles. The first-order valence-electron chi connectivity index (χ1n) is 7.76. The number of rotatable bonds is 7. The van der Waals surface area contributed by atoms with Crippen molar-refractivity contribution in [2.75, 3.05) is 27.2 Å². The summed E-state index contributed by atoms with van der Waals surface area (Å²) >= 11 is 0. The minimum Gasteiger partial charge on any atom is -1.00 e. The number of carbonyl (C=O) groups is 1. The van der Waals surface area contributed by atoms with Crippen LogP contribution in [-0.2, 0) is 16.1 Å². The van der Waals surface area contributed by atoms with Gasteiger partial charge in [0.2, 0.25) is 0 Å². The molecule has 0 amide bonds. The number of likely N-dealkylation sites (N-methyl/N-ethyl adjacent to an activating group) is 1. The molecule has 0 saturated carbocycles. The summed E-state index contributed by atoms with van der Waals surface area (Å²) in [6.07, 6.45) is 1.20.